The lowest BCUT2D eigenvalue weighted by atomic mass is 10.0. The summed E-state index contributed by atoms with van der Waals surface area (Å²) in [4.78, 5) is 34.3. The van der Waals surface area contributed by atoms with Gasteiger partial charge < -0.3 is 24.6 Å². The highest BCUT2D eigenvalue weighted by Gasteiger charge is 2.30. The first kappa shape index (κ1) is 39.1. The van der Waals surface area contributed by atoms with E-state index in [-0.39, 0.29) is 0 Å². The van der Waals surface area contributed by atoms with E-state index < -0.39 is 35.7 Å². The Balaban J connectivity index is 4.56. The zero-order valence-corrected chi connectivity index (χ0v) is 26.9. The molecule has 7 nitrogen and oxygen atoms in total. The van der Waals surface area contributed by atoms with Gasteiger partial charge in [-0.05, 0) is 32.1 Å². The minimum Gasteiger partial charge on any atom is -0.550 e. The fraction of sp³-hybridized carbons (Fsp3) is 0.853. The monoisotopic (exact) mass is 581 g/mol. The van der Waals surface area contributed by atoms with Crippen molar-refractivity contribution in [3.63, 3.8) is 0 Å². The zero-order valence-electron chi connectivity index (χ0n) is 26.9. The van der Waals surface area contributed by atoms with E-state index in [0.29, 0.717) is 43.4 Å². The molecule has 0 aromatic carbocycles. The lowest BCUT2D eigenvalue weighted by molar-refractivity contribution is -0.929. The summed E-state index contributed by atoms with van der Waals surface area (Å²) in [5.41, 5.74) is 0. The Hall–Kier alpha value is -1.89. The second-order valence-electron chi connectivity index (χ2n) is 12.6. The van der Waals surface area contributed by atoms with Gasteiger partial charge in [0.2, 0.25) is 0 Å². The molecule has 41 heavy (non-hydrogen) atoms. The SMILES string of the molecule is CCCC/C=C/CCCCCCCCCCCCC[N+](CCC(C)C(=O)[O-])(CCC(C)C(=O)O)CCC(C)C(=O)O. The standard InChI is InChI=1S/C34H63NO6/c1-5-6-7-8-9-10-11-12-13-14-15-16-17-18-19-20-21-25-35(26-22-29(2)32(36)37,27-23-30(3)33(38)39)28-24-31(4)34(40)41/h8-9,29-31H,5-7,10-28H2,1-4H3,(H2-,36,37,38,39,40,41)/b9-8+. The Kier molecular flexibility index (Phi) is 23.5. The predicted octanol–water partition coefficient (Wildman–Crippen LogP) is 7.23. The summed E-state index contributed by atoms with van der Waals surface area (Å²) in [6, 6.07) is 0. The second kappa shape index (κ2) is 24.7. The smallest absolute Gasteiger partial charge is 0.306 e. The van der Waals surface area contributed by atoms with Gasteiger partial charge in [0.15, 0.2) is 0 Å². The summed E-state index contributed by atoms with van der Waals surface area (Å²) in [7, 11) is 0. The van der Waals surface area contributed by atoms with Crippen LogP contribution in [0.3, 0.4) is 0 Å². The van der Waals surface area contributed by atoms with Crippen LogP contribution in [-0.2, 0) is 14.4 Å². The molecule has 0 aliphatic carbocycles. The molecule has 0 saturated carbocycles. The minimum atomic E-state index is -1.07. The number of rotatable bonds is 29. The molecule has 0 aromatic heterocycles. The maximum absolute atomic E-state index is 11.5. The van der Waals surface area contributed by atoms with Gasteiger partial charge in [0.25, 0.3) is 0 Å². The summed E-state index contributed by atoms with van der Waals surface area (Å²) in [5.74, 6) is -4.31. The van der Waals surface area contributed by atoms with E-state index in [2.05, 4.69) is 19.1 Å². The molecule has 0 rings (SSSR count). The van der Waals surface area contributed by atoms with Crippen LogP contribution in [0.5, 0.6) is 0 Å². The molecular weight excluding hydrogens is 518 g/mol. The number of carbonyl (C=O) groups excluding carboxylic acids is 1. The predicted molar refractivity (Wildman–Crippen MR) is 165 cm³/mol. The summed E-state index contributed by atoms with van der Waals surface area (Å²) >= 11 is 0. The molecule has 0 aliphatic heterocycles. The third-order valence-corrected chi connectivity index (χ3v) is 8.75. The Bertz CT molecular complexity index is 662. The summed E-state index contributed by atoms with van der Waals surface area (Å²) in [6.07, 6.45) is 24.7. The number of carboxylic acid groups (broad SMARTS) is 3. The van der Waals surface area contributed by atoms with Crippen molar-refractivity contribution < 1.29 is 34.2 Å². The molecule has 0 heterocycles. The van der Waals surface area contributed by atoms with E-state index in [9.17, 15) is 29.7 Å². The van der Waals surface area contributed by atoms with Crippen LogP contribution in [0.1, 0.15) is 143 Å². The van der Waals surface area contributed by atoms with Crippen LogP contribution in [0.25, 0.3) is 0 Å². The Morgan fingerprint density at radius 1 is 0.585 bits per heavy atom. The molecule has 3 atom stereocenters. The molecule has 7 heteroatoms. The number of quaternary nitrogens is 1. The molecule has 0 radical (unpaired) electrons. The Morgan fingerprint density at radius 2 is 0.951 bits per heavy atom. The number of carboxylic acids is 3. The number of unbranched alkanes of at least 4 members (excludes halogenated alkanes) is 13. The average molecular weight is 582 g/mol. The number of nitrogens with zero attached hydrogens (tertiary/aromatic N) is 1. The van der Waals surface area contributed by atoms with Gasteiger partial charge in [-0.2, -0.15) is 0 Å². The number of aliphatic carboxylic acids is 3. The van der Waals surface area contributed by atoms with Crippen molar-refractivity contribution in [2.24, 2.45) is 17.8 Å². The van der Waals surface area contributed by atoms with Gasteiger partial charge in [0.1, 0.15) is 0 Å². The summed E-state index contributed by atoms with van der Waals surface area (Å²) in [5, 5.41) is 30.2. The lowest BCUT2D eigenvalue weighted by Crippen LogP contribution is -2.52. The maximum Gasteiger partial charge on any atom is 0.306 e. The van der Waals surface area contributed by atoms with Crippen molar-refractivity contribution in [1.82, 2.24) is 0 Å². The molecule has 3 unspecified atom stereocenters. The molecule has 240 valence electrons. The fourth-order valence-corrected chi connectivity index (χ4v) is 5.30. The largest absolute Gasteiger partial charge is 0.550 e. The van der Waals surface area contributed by atoms with Gasteiger partial charge >= 0.3 is 11.9 Å². The number of carbonyl (C=O) groups is 3. The van der Waals surface area contributed by atoms with Crippen molar-refractivity contribution in [2.75, 3.05) is 26.2 Å². The first-order valence-corrected chi connectivity index (χ1v) is 16.7. The highest BCUT2D eigenvalue weighted by molar-refractivity contribution is 5.69. The van der Waals surface area contributed by atoms with E-state index in [0.717, 1.165) is 25.8 Å². The molecular formula is C34H63NO6. The van der Waals surface area contributed by atoms with Crippen LogP contribution in [0.15, 0.2) is 12.2 Å². The van der Waals surface area contributed by atoms with E-state index in [4.69, 9.17) is 0 Å². The van der Waals surface area contributed by atoms with E-state index in [1.807, 2.05) is 0 Å². The van der Waals surface area contributed by atoms with Crippen molar-refractivity contribution in [2.45, 2.75) is 143 Å². The number of allylic oxidation sites excluding steroid dienone is 2. The van der Waals surface area contributed by atoms with Gasteiger partial charge in [-0.15, -0.1) is 0 Å². The lowest BCUT2D eigenvalue weighted by Gasteiger charge is -2.41. The van der Waals surface area contributed by atoms with Crippen LogP contribution in [-0.4, -0.2) is 58.8 Å². The van der Waals surface area contributed by atoms with E-state index in [1.165, 1.54) is 77.0 Å². The summed E-state index contributed by atoms with van der Waals surface area (Å²) < 4.78 is 0.585. The molecule has 0 aromatic rings. The highest BCUT2D eigenvalue weighted by atomic mass is 16.4. The van der Waals surface area contributed by atoms with Gasteiger partial charge in [0.05, 0.1) is 38.0 Å². The van der Waals surface area contributed by atoms with Crippen LogP contribution in [0.2, 0.25) is 0 Å². The highest BCUT2D eigenvalue weighted by Crippen LogP contribution is 2.22. The zero-order chi connectivity index (χ0) is 30.9. The van der Waals surface area contributed by atoms with Crippen molar-refractivity contribution in [1.29, 1.82) is 0 Å². The van der Waals surface area contributed by atoms with Crippen LogP contribution < -0.4 is 5.11 Å². The van der Waals surface area contributed by atoms with Gasteiger partial charge in [-0.1, -0.05) is 104 Å². The second-order valence-corrected chi connectivity index (χ2v) is 12.6. The number of hydrogen-bond donors (Lipinski definition) is 2. The Labute approximate surface area is 251 Å². The van der Waals surface area contributed by atoms with E-state index >= 15 is 0 Å². The molecule has 0 amide bonds. The van der Waals surface area contributed by atoms with Crippen molar-refractivity contribution in [3.05, 3.63) is 12.2 Å². The van der Waals surface area contributed by atoms with Crippen molar-refractivity contribution >= 4 is 17.9 Å². The van der Waals surface area contributed by atoms with Crippen LogP contribution in [0, 0.1) is 17.8 Å². The number of hydrogen-bond acceptors (Lipinski definition) is 4. The fourth-order valence-electron chi connectivity index (χ4n) is 5.30. The first-order chi connectivity index (χ1) is 19.5. The van der Waals surface area contributed by atoms with Gasteiger partial charge in [-0.25, -0.2) is 0 Å². The molecule has 0 spiro atoms. The third-order valence-electron chi connectivity index (χ3n) is 8.75. The van der Waals surface area contributed by atoms with Crippen LogP contribution in [0.4, 0.5) is 0 Å². The Morgan fingerprint density at radius 3 is 1.34 bits per heavy atom. The molecule has 2 N–H and O–H groups in total. The molecule has 0 bridgehead atoms. The quantitative estimate of drug-likeness (QED) is 0.0547. The molecule has 0 aliphatic rings. The van der Waals surface area contributed by atoms with Gasteiger partial charge in [0, 0.05) is 31.1 Å². The third kappa shape index (κ3) is 21.5. The maximum atomic E-state index is 11.5. The van der Waals surface area contributed by atoms with Gasteiger partial charge in [-0.3, -0.25) is 9.59 Å². The molecule has 0 fully saturated rings. The van der Waals surface area contributed by atoms with Crippen molar-refractivity contribution in [3.8, 4) is 0 Å². The average Bonchev–Trinajstić information content (AvgIpc) is 2.94. The van der Waals surface area contributed by atoms with Crippen LogP contribution >= 0.6 is 0 Å². The molecule has 0 saturated heterocycles. The first-order valence-electron chi connectivity index (χ1n) is 16.7. The summed E-state index contributed by atoms with van der Waals surface area (Å²) in [6.45, 7) is 9.95. The minimum absolute atomic E-state index is 0.445. The van der Waals surface area contributed by atoms with E-state index in [1.54, 1.807) is 20.8 Å². The normalized spacial score (nSPS) is 15.4. The topological polar surface area (TPSA) is 115 Å².